The van der Waals surface area contributed by atoms with E-state index in [1.165, 1.54) is 32.1 Å². The second-order valence-electron chi connectivity index (χ2n) is 6.45. The second-order valence-corrected chi connectivity index (χ2v) is 7.74. The van der Waals surface area contributed by atoms with Crippen LogP contribution in [0, 0.1) is 0 Å². The van der Waals surface area contributed by atoms with Crippen LogP contribution in [0.15, 0.2) is 28.7 Å². The standard InChI is InChI=1S/C20H27NO2S/c1-3-21(4-2)20(22)19-17(14-24-15-10-6-5-7-11-15)16-12-8-9-13-18(16)23-19/h8-9,12-13,15H,3-7,10-11,14H2,1-2H3. The SMILES string of the molecule is CCN(CC)C(=O)c1oc2ccccc2c1CSC1CCCCC1. The van der Waals surface area contributed by atoms with E-state index >= 15 is 0 Å². The summed E-state index contributed by atoms with van der Waals surface area (Å²) in [5.41, 5.74) is 1.91. The second kappa shape index (κ2) is 8.11. The lowest BCUT2D eigenvalue weighted by Gasteiger charge is -2.21. The van der Waals surface area contributed by atoms with Crippen LogP contribution in [-0.4, -0.2) is 29.1 Å². The molecule has 1 aliphatic carbocycles. The zero-order chi connectivity index (χ0) is 16.9. The summed E-state index contributed by atoms with van der Waals surface area (Å²) >= 11 is 2.00. The highest BCUT2D eigenvalue weighted by Crippen LogP contribution is 2.35. The fourth-order valence-corrected chi connectivity index (χ4v) is 4.86. The molecule has 24 heavy (non-hydrogen) atoms. The fraction of sp³-hybridized carbons (Fsp3) is 0.550. The highest BCUT2D eigenvalue weighted by atomic mass is 32.2. The Balaban J connectivity index is 1.88. The molecular weight excluding hydrogens is 318 g/mol. The van der Waals surface area contributed by atoms with Crippen molar-refractivity contribution in [1.82, 2.24) is 4.90 Å². The van der Waals surface area contributed by atoms with Gasteiger partial charge in [-0.2, -0.15) is 11.8 Å². The summed E-state index contributed by atoms with van der Waals surface area (Å²) in [6.07, 6.45) is 6.67. The Morgan fingerprint density at radius 2 is 1.88 bits per heavy atom. The molecule has 0 aliphatic heterocycles. The number of benzene rings is 1. The number of carbonyl (C=O) groups excluding carboxylic acids is 1. The predicted molar refractivity (Wildman–Crippen MR) is 102 cm³/mol. The Morgan fingerprint density at radius 1 is 1.17 bits per heavy atom. The van der Waals surface area contributed by atoms with Gasteiger partial charge in [-0.15, -0.1) is 0 Å². The maximum atomic E-state index is 12.9. The zero-order valence-electron chi connectivity index (χ0n) is 14.7. The van der Waals surface area contributed by atoms with Gasteiger partial charge < -0.3 is 9.32 Å². The van der Waals surface area contributed by atoms with Crippen molar-refractivity contribution in [1.29, 1.82) is 0 Å². The van der Waals surface area contributed by atoms with E-state index in [2.05, 4.69) is 6.07 Å². The molecule has 3 nitrogen and oxygen atoms in total. The van der Waals surface area contributed by atoms with E-state index in [1.54, 1.807) is 0 Å². The monoisotopic (exact) mass is 345 g/mol. The van der Waals surface area contributed by atoms with E-state index in [4.69, 9.17) is 4.42 Å². The van der Waals surface area contributed by atoms with Crippen LogP contribution in [0.2, 0.25) is 0 Å². The van der Waals surface area contributed by atoms with Gasteiger partial charge in [-0.05, 0) is 32.8 Å². The van der Waals surface area contributed by atoms with Crippen molar-refractivity contribution in [3.8, 4) is 0 Å². The first kappa shape index (κ1) is 17.4. The molecule has 0 radical (unpaired) electrons. The first-order chi connectivity index (χ1) is 11.7. The number of para-hydroxylation sites is 1. The van der Waals surface area contributed by atoms with Crippen LogP contribution in [0.5, 0.6) is 0 Å². The average Bonchev–Trinajstić information content (AvgIpc) is 3.00. The molecule has 1 fully saturated rings. The first-order valence-electron chi connectivity index (χ1n) is 9.15. The summed E-state index contributed by atoms with van der Waals surface area (Å²) in [5, 5.41) is 1.82. The largest absolute Gasteiger partial charge is 0.451 e. The fourth-order valence-electron chi connectivity index (χ4n) is 3.50. The van der Waals surface area contributed by atoms with Gasteiger partial charge in [0.15, 0.2) is 5.76 Å². The Labute approximate surface area is 148 Å². The maximum absolute atomic E-state index is 12.9. The first-order valence-corrected chi connectivity index (χ1v) is 10.2. The van der Waals surface area contributed by atoms with Crippen LogP contribution in [0.25, 0.3) is 11.0 Å². The van der Waals surface area contributed by atoms with Crippen LogP contribution in [0.4, 0.5) is 0 Å². The molecule has 0 unspecified atom stereocenters. The van der Waals surface area contributed by atoms with Crippen molar-refractivity contribution < 1.29 is 9.21 Å². The minimum Gasteiger partial charge on any atom is -0.451 e. The van der Waals surface area contributed by atoms with Crippen LogP contribution in [0.3, 0.4) is 0 Å². The van der Waals surface area contributed by atoms with E-state index in [1.807, 2.05) is 48.7 Å². The summed E-state index contributed by atoms with van der Waals surface area (Å²) in [6.45, 7) is 5.45. The van der Waals surface area contributed by atoms with Crippen molar-refractivity contribution in [2.24, 2.45) is 0 Å². The van der Waals surface area contributed by atoms with Crippen molar-refractivity contribution in [2.75, 3.05) is 13.1 Å². The molecular formula is C20H27NO2S. The third kappa shape index (κ3) is 3.64. The molecule has 1 saturated carbocycles. The highest BCUT2D eigenvalue weighted by molar-refractivity contribution is 7.99. The molecule has 0 N–H and O–H groups in total. The molecule has 0 atom stereocenters. The molecule has 130 valence electrons. The lowest BCUT2D eigenvalue weighted by molar-refractivity contribution is 0.0742. The molecule has 1 aromatic heterocycles. The summed E-state index contributed by atoms with van der Waals surface area (Å²) in [7, 11) is 0. The third-order valence-corrected chi connectivity index (χ3v) is 6.36. The predicted octanol–water partition coefficient (Wildman–Crippen LogP) is 5.48. The lowest BCUT2D eigenvalue weighted by atomic mass is 10.0. The Morgan fingerprint density at radius 3 is 2.58 bits per heavy atom. The molecule has 0 saturated heterocycles. The molecule has 3 rings (SSSR count). The Hall–Kier alpha value is -1.42. The highest BCUT2D eigenvalue weighted by Gasteiger charge is 2.24. The van der Waals surface area contributed by atoms with Crippen LogP contribution >= 0.6 is 11.8 Å². The molecule has 4 heteroatoms. The topological polar surface area (TPSA) is 33.5 Å². The molecule has 1 aliphatic rings. The van der Waals surface area contributed by atoms with Crippen LogP contribution in [0.1, 0.15) is 62.1 Å². The summed E-state index contributed by atoms with van der Waals surface area (Å²) in [6, 6.07) is 8.03. The van der Waals surface area contributed by atoms with Gasteiger partial charge in [0.25, 0.3) is 5.91 Å². The molecule has 1 aromatic carbocycles. The van der Waals surface area contributed by atoms with E-state index in [-0.39, 0.29) is 5.91 Å². The Bertz CT molecular complexity index is 684. The number of rotatable bonds is 6. The minimum atomic E-state index is 0.0236. The molecule has 0 spiro atoms. The van der Waals surface area contributed by atoms with E-state index < -0.39 is 0 Å². The van der Waals surface area contributed by atoms with E-state index in [0.29, 0.717) is 18.8 Å². The molecule has 1 heterocycles. The lowest BCUT2D eigenvalue weighted by Crippen LogP contribution is -2.30. The zero-order valence-corrected chi connectivity index (χ0v) is 15.5. The van der Waals surface area contributed by atoms with Gasteiger partial charge in [0.05, 0.1) is 0 Å². The smallest absolute Gasteiger partial charge is 0.289 e. The van der Waals surface area contributed by atoms with Gasteiger partial charge >= 0.3 is 0 Å². The number of hydrogen-bond acceptors (Lipinski definition) is 3. The number of hydrogen-bond donors (Lipinski definition) is 0. The molecule has 0 bridgehead atoms. The number of furan rings is 1. The third-order valence-electron chi connectivity index (χ3n) is 4.96. The van der Waals surface area contributed by atoms with Crippen molar-refractivity contribution in [3.63, 3.8) is 0 Å². The molecule has 2 aromatic rings. The number of fused-ring (bicyclic) bond motifs is 1. The van der Waals surface area contributed by atoms with Crippen LogP contribution in [-0.2, 0) is 5.75 Å². The van der Waals surface area contributed by atoms with Gasteiger partial charge in [0.1, 0.15) is 5.58 Å². The summed E-state index contributed by atoms with van der Waals surface area (Å²) in [5.74, 6) is 1.43. The van der Waals surface area contributed by atoms with E-state index in [0.717, 1.165) is 27.5 Å². The maximum Gasteiger partial charge on any atom is 0.289 e. The Kier molecular flexibility index (Phi) is 5.88. The summed E-state index contributed by atoms with van der Waals surface area (Å²) < 4.78 is 5.98. The van der Waals surface area contributed by atoms with Gasteiger partial charge in [-0.3, -0.25) is 4.79 Å². The average molecular weight is 346 g/mol. The minimum absolute atomic E-state index is 0.0236. The van der Waals surface area contributed by atoms with Crippen molar-refractivity contribution >= 4 is 28.6 Å². The van der Waals surface area contributed by atoms with Gasteiger partial charge in [0.2, 0.25) is 0 Å². The van der Waals surface area contributed by atoms with Gasteiger partial charge in [-0.25, -0.2) is 0 Å². The number of amides is 1. The number of carbonyl (C=O) groups is 1. The number of thioether (sulfide) groups is 1. The van der Waals surface area contributed by atoms with Gasteiger partial charge in [-0.1, -0.05) is 37.5 Å². The quantitative estimate of drug-likeness (QED) is 0.695. The normalized spacial score (nSPS) is 15.8. The molecule has 1 amide bonds. The van der Waals surface area contributed by atoms with Crippen LogP contribution < -0.4 is 0 Å². The van der Waals surface area contributed by atoms with E-state index in [9.17, 15) is 4.79 Å². The summed E-state index contributed by atoms with van der Waals surface area (Å²) in [4.78, 5) is 14.7. The van der Waals surface area contributed by atoms with Crippen molar-refractivity contribution in [3.05, 3.63) is 35.6 Å². The number of nitrogens with zero attached hydrogens (tertiary/aromatic N) is 1. The van der Waals surface area contributed by atoms with Gasteiger partial charge in [0, 0.05) is 35.0 Å². The van der Waals surface area contributed by atoms with Crippen molar-refractivity contribution in [2.45, 2.75) is 57.0 Å².